The SMILES string of the molecule is C=CC(=O)NNC(=O)C1CCC2CN1C(=O)N2OCc1ccccc1. The third-order valence-corrected chi connectivity index (χ3v) is 4.33. The van der Waals surface area contributed by atoms with E-state index in [1.54, 1.807) is 0 Å². The van der Waals surface area contributed by atoms with Crippen molar-refractivity contribution in [3.8, 4) is 0 Å². The molecule has 8 heteroatoms. The van der Waals surface area contributed by atoms with Crippen molar-refractivity contribution >= 4 is 17.8 Å². The average Bonchev–Trinajstić information content (AvgIpc) is 2.89. The van der Waals surface area contributed by atoms with E-state index in [-0.39, 0.29) is 12.1 Å². The van der Waals surface area contributed by atoms with E-state index in [0.29, 0.717) is 26.0 Å². The summed E-state index contributed by atoms with van der Waals surface area (Å²) in [6.07, 6.45) is 2.22. The van der Waals surface area contributed by atoms with E-state index in [9.17, 15) is 14.4 Å². The standard InChI is InChI=1S/C17H20N4O4/c1-2-15(22)18-19-16(23)14-9-8-13-10-20(14)17(24)21(13)25-11-12-6-4-3-5-7-12/h2-7,13-14H,1,8-11H2,(H,18,22)(H,19,23). The Morgan fingerprint density at radius 3 is 2.72 bits per heavy atom. The third-order valence-electron chi connectivity index (χ3n) is 4.33. The number of amides is 4. The fourth-order valence-electron chi connectivity index (χ4n) is 3.05. The van der Waals surface area contributed by atoms with Gasteiger partial charge in [0.2, 0.25) is 0 Å². The highest BCUT2D eigenvalue weighted by Crippen LogP contribution is 2.30. The van der Waals surface area contributed by atoms with Crippen molar-refractivity contribution in [3.63, 3.8) is 0 Å². The summed E-state index contributed by atoms with van der Waals surface area (Å²) in [5.41, 5.74) is 5.50. The topological polar surface area (TPSA) is 91.0 Å². The fourth-order valence-corrected chi connectivity index (χ4v) is 3.05. The second-order valence-electron chi connectivity index (χ2n) is 5.95. The van der Waals surface area contributed by atoms with Crippen molar-refractivity contribution in [2.75, 3.05) is 6.54 Å². The maximum absolute atomic E-state index is 12.6. The molecule has 132 valence electrons. The Hall–Kier alpha value is -2.87. The number of hydrogen-bond acceptors (Lipinski definition) is 4. The summed E-state index contributed by atoms with van der Waals surface area (Å²) in [5.74, 6) is -0.936. The number of carbonyl (C=O) groups is 3. The molecule has 0 aromatic heterocycles. The molecule has 0 aliphatic carbocycles. The zero-order valence-corrected chi connectivity index (χ0v) is 13.7. The summed E-state index contributed by atoms with van der Waals surface area (Å²) in [5, 5.41) is 1.36. The van der Waals surface area contributed by atoms with Crippen LogP contribution in [0.15, 0.2) is 43.0 Å². The second kappa shape index (κ2) is 7.35. The van der Waals surface area contributed by atoms with Gasteiger partial charge in [-0.3, -0.25) is 25.3 Å². The maximum Gasteiger partial charge on any atom is 0.345 e. The summed E-state index contributed by atoms with van der Waals surface area (Å²) in [6.45, 7) is 4.03. The number of hydrogen-bond donors (Lipinski definition) is 2. The van der Waals surface area contributed by atoms with Crippen LogP contribution in [0.2, 0.25) is 0 Å². The molecular weight excluding hydrogens is 324 g/mol. The van der Waals surface area contributed by atoms with Crippen LogP contribution in [-0.2, 0) is 21.0 Å². The van der Waals surface area contributed by atoms with Gasteiger partial charge in [0.25, 0.3) is 11.8 Å². The quantitative estimate of drug-likeness (QED) is 0.608. The molecule has 8 nitrogen and oxygen atoms in total. The highest BCUT2D eigenvalue weighted by molar-refractivity contribution is 5.92. The van der Waals surface area contributed by atoms with E-state index in [0.717, 1.165) is 11.6 Å². The van der Waals surface area contributed by atoms with E-state index in [2.05, 4.69) is 17.4 Å². The van der Waals surface area contributed by atoms with Crippen molar-refractivity contribution in [1.29, 1.82) is 0 Å². The molecule has 2 atom stereocenters. The van der Waals surface area contributed by atoms with Crippen LogP contribution in [-0.4, -0.2) is 46.4 Å². The zero-order valence-electron chi connectivity index (χ0n) is 13.7. The van der Waals surface area contributed by atoms with Crippen molar-refractivity contribution in [2.45, 2.75) is 31.5 Å². The van der Waals surface area contributed by atoms with Gasteiger partial charge in [-0.25, -0.2) is 4.79 Å². The van der Waals surface area contributed by atoms with Gasteiger partial charge in [-0.05, 0) is 24.5 Å². The predicted octanol–water partition coefficient (Wildman–Crippen LogP) is 0.720. The highest BCUT2D eigenvalue weighted by Gasteiger charge is 2.47. The molecule has 2 aliphatic rings. The predicted molar refractivity (Wildman–Crippen MR) is 88.5 cm³/mol. The lowest BCUT2D eigenvalue weighted by Crippen LogP contribution is -2.53. The first-order chi connectivity index (χ1) is 12.1. The lowest BCUT2D eigenvalue weighted by atomic mass is 10.0. The van der Waals surface area contributed by atoms with Crippen molar-refractivity contribution in [3.05, 3.63) is 48.6 Å². The monoisotopic (exact) mass is 344 g/mol. The minimum Gasteiger partial charge on any atom is -0.309 e. The van der Waals surface area contributed by atoms with Crippen LogP contribution in [0.25, 0.3) is 0 Å². The summed E-state index contributed by atoms with van der Waals surface area (Å²) >= 11 is 0. The summed E-state index contributed by atoms with van der Waals surface area (Å²) < 4.78 is 0. The molecule has 2 heterocycles. The Morgan fingerprint density at radius 2 is 2.00 bits per heavy atom. The van der Waals surface area contributed by atoms with Gasteiger partial charge in [0, 0.05) is 6.54 Å². The van der Waals surface area contributed by atoms with Gasteiger partial charge in [-0.1, -0.05) is 36.9 Å². The largest absolute Gasteiger partial charge is 0.345 e. The highest BCUT2D eigenvalue weighted by atomic mass is 16.7. The minimum atomic E-state index is -0.626. The van der Waals surface area contributed by atoms with Crippen LogP contribution in [0, 0.1) is 0 Å². The Labute approximate surface area is 145 Å². The van der Waals surface area contributed by atoms with E-state index in [1.807, 2.05) is 30.3 Å². The molecule has 1 aromatic carbocycles. The summed E-state index contributed by atoms with van der Waals surface area (Å²) in [6, 6.07) is 8.55. The number of nitrogens with zero attached hydrogens (tertiary/aromatic N) is 2. The normalized spacial score (nSPS) is 21.8. The van der Waals surface area contributed by atoms with Gasteiger partial charge in [0.05, 0.1) is 6.04 Å². The maximum atomic E-state index is 12.6. The van der Waals surface area contributed by atoms with Gasteiger partial charge in [-0.2, -0.15) is 5.06 Å². The van der Waals surface area contributed by atoms with Crippen LogP contribution in [0.3, 0.4) is 0 Å². The number of hydrazine groups is 1. The number of benzene rings is 1. The van der Waals surface area contributed by atoms with Crippen LogP contribution >= 0.6 is 0 Å². The molecule has 1 aromatic rings. The van der Waals surface area contributed by atoms with Gasteiger partial charge >= 0.3 is 6.03 Å². The van der Waals surface area contributed by atoms with E-state index >= 15 is 0 Å². The molecule has 2 N–H and O–H groups in total. The van der Waals surface area contributed by atoms with Gasteiger partial charge in [-0.15, -0.1) is 0 Å². The van der Waals surface area contributed by atoms with Crippen LogP contribution < -0.4 is 10.9 Å². The number of rotatable bonds is 5. The lowest BCUT2D eigenvalue weighted by Gasteiger charge is -2.29. The molecule has 0 spiro atoms. The van der Waals surface area contributed by atoms with Gasteiger partial charge in [0.1, 0.15) is 12.6 Å². The molecule has 2 unspecified atom stereocenters. The summed E-state index contributed by atoms with van der Waals surface area (Å²) in [4.78, 5) is 43.1. The molecular formula is C17H20N4O4. The molecule has 2 bridgehead atoms. The minimum absolute atomic E-state index is 0.0666. The van der Waals surface area contributed by atoms with Gasteiger partial charge < -0.3 is 4.90 Å². The molecule has 2 fully saturated rings. The Morgan fingerprint density at radius 1 is 1.24 bits per heavy atom. The van der Waals surface area contributed by atoms with E-state index in [1.165, 1.54) is 9.96 Å². The van der Waals surface area contributed by atoms with E-state index < -0.39 is 17.9 Å². The average molecular weight is 344 g/mol. The van der Waals surface area contributed by atoms with Crippen LogP contribution in [0.4, 0.5) is 4.79 Å². The van der Waals surface area contributed by atoms with Crippen molar-refractivity contribution in [2.24, 2.45) is 0 Å². The first kappa shape index (κ1) is 17.0. The number of nitrogens with one attached hydrogen (secondary N) is 2. The van der Waals surface area contributed by atoms with Gasteiger partial charge in [0.15, 0.2) is 0 Å². The Bertz CT molecular complexity index is 678. The van der Waals surface area contributed by atoms with Crippen LogP contribution in [0.5, 0.6) is 0 Å². The Balaban J connectivity index is 1.59. The Kier molecular flexibility index (Phi) is 4.99. The second-order valence-corrected chi connectivity index (χ2v) is 5.95. The molecule has 4 amide bonds. The van der Waals surface area contributed by atoms with E-state index in [4.69, 9.17) is 4.84 Å². The smallest absolute Gasteiger partial charge is 0.309 e. The number of urea groups is 1. The molecule has 25 heavy (non-hydrogen) atoms. The molecule has 0 radical (unpaired) electrons. The lowest BCUT2D eigenvalue weighted by molar-refractivity contribution is -0.140. The molecule has 0 saturated carbocycles. The first-order valence-electron chi connectivity index (χ1n) is 8.09. The number of hydroxylamine groups is 2. The van der Waals surface area contributed by atoms with Crippen molar-refractivity contribution in [1.82, 2.24) is 20.8 Å². The molecule has 3 rings (SSSR count). The first-order valence-corrected chi connectivity index (χ1v) is 8.09. The molecule has 2 aliphatic heterocycles. The molecule has 2 saturated heterocycles. The fraction of sp³-hybridized carbons (Fsp3) is 0.353. The van der Waals surface area contributed by atoms with Crippen LogP contribution in [0.1, 0.15) is 18.4 Å². The summed E-state index contributed by atoms with van der Waals surface area (Å²) in [7, 11) is 0. The zero-order chi connectivity index (χ0) is 17.8. The number of fused-ring (bicyclic) bond motifs is 2. The number of carbonyl (C=O) groups excluding carboxylic acids is 3. The number of piperidine rings is 1. The van der Waals surface area contributed by atoms with Crippen molar-refractivity contribution < 1.29 is 19.2 Å². The third kappa shape index (κ3) is 3.63.